The van der Waals surface area contributed by atoms with Crippen molar-refractivity contribution in [3.05, 3.63) is 68.4 Å². The molecule has 1 heterocycles. The van der Waals surface area contributed by atoms with Gasteiger partial charge in [-0.2, -0.15) is 5.10 Å². The average molecular weight is 326 g/mol. The van der Waals surface area contributed by atoms with Gasteiger partial charge in [0.05, 0.1) is 21.6 Å². The fourth-order valence-electron chi connectivity index (χ4n) is 2.38. The third-order valence-electron chi connectivity index (χ3n) is 3.57. The summed E-state index contributed by atoms with van der Waals surface area (Å²) in [5, 5.41) is 27.0. The number of ketones is 1. The summed E-state index contributed by atoms with van der Waals surface area (Å²) in [5.74, 6) is -0.300. The van der Waals surface area contributed by atoms with Gasteiger partial charge in [-0.25, -0.2) is 4.68 Å². The second kappa shape index (κ2) is 5.54. The van der Waals surface area contributed by atoms with Crippen LogP contribution in [0.15, 0.2) is 42.6 Å². The molecule has 9 nitrogen and oxygen atoms in total. The van der Waals surface area contributed by atoms with Crippen molar-refractivity contribution in [2.75, 3.05) is 0 Å². The van der Waals surface area contributed by atoms with Crippen molar-refractivity contribution < 1.29 is 14.6 Å². The average Bonchev–Trinajstić information content (AvgIpc) is 2.96. The minimum atomic E-state index is -0.618. The summed E-state index contributed by atoms with van der Waals surface area (Å²) in [6.45, 7) is 1.31. The number of rotatable bonds is 4. The van der Waals surface area contributed by atoms with Crippen LogP contribution in [0, 0.1) is 20.2 Å². The first-order valence-electron chi connectivity index (χ1n) is 6.80. The molecule has 0 spiro atoms. The van der Waals surface area contributed by atoms with Crippen molar-refractivity contribution in [2.24, 2.45) is 0 Å². The standard InChI is InChI=1S/C15H10N4O5/c1-9(20)10-3-5-13(15(6-10)19(23)24)17-14-7-12(18(21)22)4-2-11(14)8-16-17/h2-8H,1H3. The Morgan fingerprint density at radius 3 is 2.46 bits per heavy atom. The largest absolute Gasteiger partial charge is 0.295 e. The van der Waals surface area contributed by atoms with E-state index in [-0.39, 0.29) is 28.4 Å². The molecule has 0 unspecified atom stereocenters. The lowest BCUT2D eigenvalue weighted by molar-refractivity contribution is -0.385. The van der Waals surface area contributed by atoms with Crippen LogP contribution in [-0.4, -0.2) is 25.4 Å². The number of nitro benzene ring substituents is 2. The number of benzene rings is 2. The smallest absolute Gasteiger partial charge is 0.295 e. The number of aromatic nitrogens is 2. The zero-order valence-corrected chi connectivity index (χ0v) is 12.4. The second-order valence-corrected chi connectivity index (χ2v) is 5.07. The van der Waals surface area contributed by atoms with Crippen molar-refractivity contribution in [1.82, 2.24) is 9.78 Å². The lowest BCUT2D eigenvalue weighted by atomic mass is 10.1. The molecule has 0 bridgehead atoms. The molecule has 0 amide bonds. The predicted molar refractivity (Wildman–Crippen MR) is 84.4 cm³/mol. The minimum Gasteiger partial charge on any atom is -0.295 e. The molecule has 24 heavy (non-hydrogen) atoms. The Bertz CT molecular complexity index is 1010. The quantitative estimate of drug-likeness (QED) is 0.412. The lowest BCUT2D eigenvalue weighted by Gasteiger charge is -2.06. The Labute approximate surface area is 134 Å². The first-order chi connectivity index (χ1) is 11.4. The van der Waals surface area contributed by atoms with E-state index >= 15 is 0 Å². The van der Waals surface area contributed by atoms with Crippen molar-refractivity contribution in [1.29, 1.82) is 0 Å². The van der Waals surface area contributed by atoms with Gasteiger partial charge in [-0.15, -0.1) is 0 Å². The minimum absolute atomic E-state index is 0.125. The van der Waals surface area contributed by atoms with E-state index in [4.69, 9.17) is 0 Å². The van der Waals surface area contributed by atoms with E-state index in [1.807, 2.05) is 0 Å². The highest BCUT2D eigenvalue weighted by atomic mass is 16.6. The molecular formula is C15H10N4O5. The maximum absolute atomic E-state index is 11.4. The molecular weight excluding hydrogens is 316 g/mol. The normalized spacial score (nSPS) is 10.7. The Morgan fingerprint density at radius 1 is 1.08 bits per heavy atom. The van der Waals surface area contributed by atoms with Gasteiger partial charge >= 0.3 is 0 Å². The molecule has 0 atom stereocenters. The summed E-state index contributed by atoms with van der Waals surface area (Å²) < 4.78 is 1.25. The van der Waals surface area contributed by atoms with Crippen molar-refractivity contribution in [2.45, 2.75) is 6.92 Å². The number of carbonyl (C=O) groups is 1. The van der Waals surface area contributed by atoms with Crippen LogP contribution < -0.4 is 0 Å². The van der Waals surface area contributed by atoms with Crippen LogP contribution in [0.2, 0.25) is 0 Å². The molecule has 0 aliphatic carbocycles. The molecule has 0 aliphatic rings. The van der Waals surface area contributed by atoms with Gasteiger partial charge in [0, 0.05) is 29.1 Å². The Kier molecular flexibility index (Phi) is 3.53. The van der Waals surface area contributed by atoms with Crippen LogP contribution in [0.3, 0.4) is 0 Å². The van der Waals surface area contributed by atoms with E-state index in [2.05, 4.69) is 5.10 Å². The predicted octanol–water partition coefficient (Wildman–Crippen LogP) is 3.04. The first-order valence-corrected chi connectivity index (χ1v) is 6.80. The number of hydrogen-bond acceptors (Lipinski definition) is 6. The number of non-ortho nitro benzene ring substituents is 1. The summed E-state index contributed by atoms with van der Waals surface area (Å²) in [6, 6.07) is 8.18. The van der Waals surface area contributed by atoms with Crippen LogP contribution in [0.5, 0.6) is 0 Å². The van der Waals surface area contributed by atoms with Crippen LogP contribution in [-0.2, 0) is 0 Å². The van der Waals surface area contributed by atoms with Crippen molar-refractivity contribution in [3.8, 4) is 5.69 Å². The van der Waals surface area contributed by atoms with Crippen LogP contribution in [0.4, 0.5) is 11.4 Å². The van der Waals surface area contributed by atoms with Crippen LogP contribution >= 0.6 is 0 Å². The third kappa shape index (κ3) is 2.47. The molecule has 0 aliphatic heterocycles. The van der Waals surface area contributed by atoms with E-state index < -0.39 is 9.85 Å². The van der Waals surface area contributed by atoms with Crippen molar-refractivity contribution >= 4 is 28.1 Å². The summed E-state index contributed by atoms with van der Waals surface area (Å²) in [5.41, 5.74) is 0.239. The number of fused-ring (bicyclic) bond motifs is 1. The monoisotopic (exact) mass is 326 g/mol. The first kappa shape index (κ1) is 15.3. The lowest BCUT2D eigenvalue weighted by Crippen LogP contribution is -2.04. The summed E-state index contributed by atoms with van der Waals surface area (Å²) in [7, 11) is 0. The number of Topliss-reactive ketones (excluding diaryl/α,β-unsaturated/α-hetero) is 1. The zero-order chi connectivity index (χ0) is 17.4. The topological polar surface area (TPSA) is 121 Å². The fraction of sp³-hybridized carbons (Fsp3) is 0.0667. The van der Waals surface area contributed by atoms with Gasteiger partial charge in [0.2, 0.25) is 0 Å². The maximum atomic E-state index is 11.4. The number of hydrogen-bond donors (Lipinski definition) is 0. The third-order valence-corrected chi connectivity index (χ3v) is 3.57. The second-order valence-electron chi connectivity index (χ2n) is 5.07. The molecule has 2 aromatic carbocycles. The van der Waals surface area contributed by atoms with E-state index in [9.17, 15) is 25.0 Å². The Morgan fingerprint density at radius 2 is 1.83 bits per heavy atom. The molecule has 3 rings (SSSR count). The zero-order valence-electron chi connectivity index (χ0n) is 12.4. The molecule has 120 valence electrons. The van der Waals surface area contributed by atoms with E-state index in [1.54, 1.807) is 0 Å². The van der Waals surface area contributed by atoms with Gasteiger partial charge in [0.25, 0.3) is 11.4 Å². The molecule has 1 aromatic heterocycles. The summed E-state index contributed by atoms with van der Waals surface area (Å²) in [4.78, 5) is 32.5. The van der Waals surface area contributed by atoms with Crippen molar-refractivity contribution in [3.63, 3.8) is 0 Å². The fourth-order valence-corrected chi connectivity index (χ4v) is 2.38. The highest BCUT2D eigenvalue weighted by Crippen LogP contribution is 2.29. The Balaban J connectivity index is 2.27. The number of nitro groups is 2. The summed E-state index contributed by atoms with van der Waals surface area (Å²) in [6.07, 6.45) is 1.46. The van der Waals surface area contributed by atoms with Gasteiger partial charge in [-0.1, -0.05) is 0 Å². The summed E-state index contributed by atoms with van der Waals surface area (Å²) >= 11 is 0. The van der Waals surface area contributed by atoms with E-state index in [1.165, 1.54) is 54.2 Å². The SMILES string of the molecule is CC(=O)c1ccc(-n2ncc3ccc([N+](=O)[O-])cc32)c([N+](=O)[O-])c1. The number of nitrogens with zero attached hydrogens (tertiary/aromatic N) is 4. The highest BCUT2D eigenvalue weighted by Gasteiger charge is 2.20. The molecule has 0 fully saturated rings. The molecule has 9 heteroatoms. The number of carbonyl (C=O) groups excluding carboxylic acids is 1. The van der Waals surface area contributed by atoms with Gasteiger partial charge in [-0.05, 0) is 25.1 Å². The van der Waals surface area contributed by atoms with E-state index in [0.717, 1.165) is 0 Å². The molecule has 0 saturated heterocycles. The van der Waals surface area contributed by atoms with Gasteiger partial charge in [-0.3, -0.25) is 25.0 Å². The van der Waals surface area contributed by atoms with E-state index in [0.29, 0.717) is 10.9 Å². The van der Waals surface area contributed by atoms with Gasteiger partial charge < -0.3 is 0 Å². The van der Waals surface area contributed by atoms with Gasteiger partial charge in [0.15, 0.2) is 5.78 Å². The molecule has 0 saturated carbocycles. The maximum Gasteiger partial charge on any atom is 0.295 e. The van der Waals surface area contributed by atoms with Gasteiger partial charge in [0.1, 0.15) is 5.69 Å². The van der Waals surface area contributed by atoms with Crippen LogP contribution in [0.25, 0.3) is 16.6 Å². The Hall–Kier alpha value is -3.62. The molecule has 3 aromatic rings. The van der Waals surface area contributed by atoms with Crippen LogP contribution in [0.1, 0.15) is 17.3 Å². The molecule has 0 N–H and O–H groups in total. The molecule has 0 radical (unpaired) electrons. The highest BCUT2D eigenvalue weighted by molar-refractivity contribution is 5.95.